The monoisotopic (exact) mass is 613 g/mol. The molecular weight excluding hydrogens is 577 g/mol. The summed E-state index contributed by atoms with van der Waals surface area (Å²) in [6.07, 6.45) is 5.34. The fourth-order valence-corrected chi connectivity index (χ4v) is 6.93. The van der Waals surface area contributed by atoms with Crippen LogP contribution in [-0.2, 0) is 26.2 Å². The Hall–Kier alpha value is -3.43. The smallest absolute Gasteiger partial charge is 0.264 e. The molecule has 3 aromatic rings. The van der Waals surface area contributed by atoms with Crippen LogP contribution < -0.4 is 9.62 Å². The molecule has 7 nitrogen and oxygen atoms in total. The van der Waals surface area contributed by atoms with Crippen molar-refractivity contribution in [2.24, 2.45) is 0 Å². The van der Waals surface area contributed by atoms with E-state index in [1.54, 1.807) is 18.2 Å². The van der Waals surface area contributed by atoms with Crippen LogP contribution in [0.25, 0.3) is 0 Å². The molecule has 10 heteroatoms. The first-order valence-electron chi connectivity index (χ1n) is 14.3. The summed E-state index contributed by atoms with van der Waals surface area (Å²) < 4.78 is 42.7. The van der Waals surface area contributed by atoms with Crippen molar-refractivity contribution in [2.45, 2.75) is 75.9 Å². The summed E-state index contributed by atoms with van der Waals surface area (Å²) in [4.78, 5) is 29.2. The highest BCUT2D eigenvalue weighted by atomic mass is 35.5. The number of amides is 2. The molecule has 0 aromatic heterocycles. The number of aryl methyl sites for hydroxylation is 1. The van der Waals surface area contributed by atoms with Gasteiger partial charge in [-0.3, -0.25) is 13.9 Å². The number of anilines is 1. The van der Waals surface area contributed by atoms with E-state index in [0.717, 1.165) is 53.6 Å². The summed E-state index contributed by atoms with van der Waals surface area (Å²) in [7, 11) is -4.26. The zero-order valence-corrected chi connectivity index (χ0v) is 25.5. The summed E-state index contributed by atoms with van der Waals surface area (Å²) in [5.74, 6) is -1.53. The Balaban J connectivity index is 1.72. The van der Waals surface area contributed by atoms with Gasteiger partial charge in [-0.2, -0.15) is 0 Å². The number of nitrogens with zero attached hydrogens (tertiary/aromatic N) is 2. The number of carbonyl (C=O) groups is 2. The summed E-state index contributed by atoms with van der Waals surface area (Å²) in [6.45, 7) is 3.26. The van der Waals surface area contributed by atoms with Crippen LogP contribution in [0.2, 0.25) is 5.02 Å². The van der Waals surface area contributed by atoms with E-state index < -0.39 is 34.3 Å². The highest BCUT2D eigenvalue weighted by Crippen LogP contribution is 2.29. The first kappa shape index (κ1) is 31.5. The molecule has 1 unspecified atom stereocenters. The topological polar surface area (TPSA) is 86.8 Å². The van der Waals surface area contributed by atoms with Gasteiger partial charge >= 0.3 is 0 Å². The SMILES string of the molecule is CCC(C(=O)NC1CCCCC1)N(Cc1ccccc1C)C(=O)CN(c1ccc(F)c(Cl)c1)S(=O)(=O)c1ccccc1. The number of hydrogen-bond acceptors (Lipinski definition) is 4. The van der Waals surface area contributed by atoms with Crippen molar-refractivity contribution in [3.63, 3.8) is 0 Å². The van der Waals surface area contributed by atoms with Gasteiger partial charge in [-0.05, 0) is 67.6 Å². The molecule has 0 saturated heterocycles. The van der Waals surface area contributed by atoms with Gasteiger partial charge in [-0.1, -0.05) is 80.3 Å². The number of rotatable bonds is 11. The van der Waals surface area contributed by atoms with Gasteiger partial charge in [0, 0.05) is 12.6 Å². The van der Waals surface area contributed by atoms with Crippen molar-refractivity contribution >= 4 is 39.1 Å². The second kappa shape index (κ2) is 14.2. The lowest BCUT2D eigenvalue weighted by atomic mass is 9.95. The normalized spacial score (nSPS) is 14.7. The number of hydrogen-bond donors (Lipinski definition) is 1. The molecular formula is C32H37ClFN3O4S. The molecule has 3 aromatic carbocycles. The minimum absolute atomic E-state index is 0.0363. The molecule has 0 bridgehead atoms. The van der Waals surface area contributed by atoms with Crippen LogP contribution >= 0.6 is 11.6 Å². The van der Waals surface area contributed by atoms with Crippen LogP contribution in [0.4, 0.5) is 10.1 Å². The van der Waals surface area contributed by atoms with E-state index >= 15 is 0 Å². The third kappa shape index (κ3) is 7.50. The predicted octanol–water partition coefficient (Wildman–Crippen LogP) is 6.24. The molecule has 1 saturated carbocycles. The molecule has 0 heterocycles. The van der Waals surface area contributed by atoms with Gasteiger partial charge in [0.15, 0.2) is 0 Å². The second-order valence-corrected chi connectivity index (χ2v) is 12.9. The van der Waals surface area contributed by atoms with Crippen molar-refractivity contribution < 1.29 is 22.4 Å². The van der Waals surface area contributed by atoms with Crippen molar-refractivity contribution in [2.75, 3.05) is 10.8 Å². The maximum absolute atomic E-state index is 14.2. The standard InChI is InChI=1S/C32H37ClFN3O4S/c1-3-30(32(39)35-25-14-6-4-7-15-25)36(21-24-13-11-10-12-23(24)2)31(38)22-37(26-18-19-29(34)28(33)20-26)42(40,41)27-16-8-5-9-17-27/h5,8-13,16-20,25,30H,3-4,6-7,14-15,21-22H2,1-2H3,(H,35,39). The molecule has 42 heavy (non-hydrogen) atoms. The summed E-state index contributed by atoms with van der Waals surface area (Å²) in [6, 6.07) is 18.0. The average molecular weight is 614 g/mol. The maximum atomic E-state index is 14.2. The molecule has 1 fully saturated rings. The molecule has 1 N–H and O–H groups in total. The Bertz CT molecular complexity index is 1500. The van der Waals surface area contributed by atoms with E-state index in [-0.39, 0.29) is 34.1 Å². The van der Waals surface area contributed by atoms with E-state index in [1.165, 1.54) is 29.2 Å². The molecule has 1 atom stereocenters. The summed E-state index contributed by atoms with van der Waals surface area (Å²) in [5.41, 5.74) is 1.82. The van der Waals surface area contributed by atoms with Crippen LogP contribution in [0.15, 0.2) is 77.7 Å². The van der Waals surface area contributed by atoms with Gasteiger partial charge in [-0.25, -0.2) is 12.8 Å². The lowest BCUT2D eigenvalue weighted by Crippen LogP contribution is -2.54. The van der Waals surface area contributed by atoms with E-state index in [9.17, 15) is 22.4 Å². The highest BCUT2D eigenvalue weighted by molar-refractivity contribution is 7.92. The third-order valence-electron chi connectivity index (χ3n) is 7.74. The van der Waals surface area contributed by atoms with Crippen molar-refractivity contribution in [3.05, 3.63) is 94.8 Å². The van der Waals surface area contributed by atoms with Gasteiger partial charge in [0.2, 0.25) is 11.8 Å². The molecule has 2 amide bonds. The molecule has 224 valence electrons. The Morgan fingerprint density at radius 1 is 1.00 bits per heavy atom. The number of nitrogens with one attached hydrogen (secondary N) is 1. The van der Waals surface area contributed by atoms with Gasteiger partial charge in [0.05, 0.1) is 15.6 Å². The fourth-order valence-electron chi connectivity index (χ4n) is 5.32. The highest BCUT2D eigenvalue weighted by Gasteiger charge is 2.34. The summed E-state index contributed by atoms with van der Waals surface area (Å²) >= 11 is 6.04. The zero-order valence-electron chi connectivity index (χ0n) is 23.9. The molecule has 0 radical (unpaired) electrons. The van der Waals surface area contributed by atoms with E-state index in [1.807, 2.05) is 38.1 Å². The Labute approximate surface area is 252 Å². The first-order chi connectivity index (χ1) is 20.1. The van der Waals surface area contributed by atoms with Crippen molar-refractivity contribution in [1.29, 1.82) is 0 Å². The predicted molar refractivity (Wildman–Crippen MR) is 163 cm³/mol. The van der Waals surface area contributed by atoms with E-state index in [2.05, 4.69) is 5.32 Å². The minimum atomic E-state index is -4.26. The Kier molecular flexibility index (Phi) is 10.6. The van der Waals surface area contributed by atoms with Crippen molar-refractivity contribution in [3.8, 4) is 0 Å². The third-order valence-corrected chi connectivity index (χ3v) is 9.82. The number of sulfonamides is 1. The summed E-state index contributed by atoms with van der Waals surface area (Å²) in [5, 5.41) is 2.86. The second-order valence-electron chi connectivity index (χ2n) is 10.6. The van der Waals surface area contributed by atoms with Crippen LogP contribution in [0.1, 0.15) is 56.6 Å². The number of carbonyl (C=O) groups excluding carboxylic acids is 2. The molecule has 1 aliphatic carbocycles. The van der Waals surface area contributed by atoms with Gasteiger partial charge < -0.3 is 10.2 Å². The van der Waals surface area contributed by atoms with Crippen LogP contribution in [0, 0.1) is 12.7 Å². The lowest BCUT2D eigenvalue weighted by Gasteiger charge is -2.34. The van der Waals surface area contributed by atoms with Crippen LogP contribution in [-0.4, -0.2) is 43.8 Å². The lowest BCUT2D eigenvalue weighted by molar-refractivity contribution is -0.140. The first-order valence-corrected chi connectivity index (χ1v) is 16.1. The largest absolute Gasteiger partial charge is 0.352 e. The number of halogens is 2. The molecule has 0 spiro atoms. The molecule has 1 aliphatic rings. The zero-order chi connectivity index (χ0) is 30.3. The van der Waals surface area contributed by atoms with Crippen LogP contribution in [0.5, 0.6) is 0 Å². The average Bonchev–Trinajstić information content (AvgIpc) is 2.99. The quantitative estimate of drug-likeness (QED) is 0.277. The minimum Gasteiger partial charge on any atom is -0.352 e. The van der Waals surface area contributed by atoms with E-state index in [4.69, 9.17) is 11.6 Å². The molecule has 0 aliphatic heterocycles. The van der Waals surface area contributed by atoms with E-state index in [0.29, 0.717) is 6.42 Å². The molecule has 4 rings (SSSR count). The van der Waals surface area contributed by atoms with Gasteiger partial charge in [0.25, 0.3) is 10.0 Å². The van der Waals surface area contributed by atoms with Gasteiger partial charge in [-0.15, -0.1) is 0 Å². The van der Waals surface area contributed by atoms with Crippen molar-refractivity contribution in [1.82, 2.24) is 10.2 Å². The Morgan fingerprint density at radius 3 is 2.31 bits per heavy atom. The fraction of sp³-hybridized carbons (Fsp3) is 0.375. The van der Waals surface area contributed by atoms with Crippen LogP contribution in [0.3, 0.4) is 0 Å². The maximum Gasteiger partial charge on any atom is 0.264 e. The van der Waals surface area contributed by atoms with Gasteiger partial charge in [0.1, 0.15) is 18.4 Å². The number of benzene rings is 3. The Morgan fingerprint density at radius 2 is 1.67 bits per heavy atom.